The average molecular weight is 329 g/mol. The lowest BCUT2D eigenvalue weighted by atomic mass is 10.1. The van der Waals surface area contributed by atoms with E-state index in [2.05, 4.69) is 45.4 Å². The number of nitrogens with zero attached hydrogens (tertiary/aromatic N) is 5. The molecule has 6 nitrogen and oxygen atoms in total. The van der Waals surface area contributed by atoms with Gasteiger partial charge in [0.25, 0.3) is 0 Å². The van der Waals surface area contributed by atoms with Crippen molar-refractivity contribution in [2.24, 2.45) is 0 Å². The number of anilines is 1. The van der Waals surface area contributed by atoms with Crippen molar-refractivity contribution in [3.63, 3.8) is 0 Å². The number of aromatic nitrogens is 4. The number of thiophene rings is 1. The Bertz CT molecular complexity index is 827. The molecule has 0 aromatic carbocycles. The van der Waals surface area contributed by atoms with Gasteiger partial charge in [-0.25, -0.2) is 9.97 Å². The number of hydrogen-bond acceptors (Lipinski definition) is 6. The summed E-state index contributed by atoms with van der Waals surface area (Å²) in [4.78, 5) is 12.3. The summed E-state index contributed by atoms with van der Waals surface area (Å²) in [6.45, 7) is 7.40. The number of ether oxygens (including phenoxy) is 1. The van der Waals surface area contributed by atoms with Gasteiger partial charge in [-0.15, -0.1) is 11.3 Å². The van der Waals surface area contributed by atoms with Gasteiger partial charge in [0.2, 0.25) is 0 Å². The van der Waals surface area contributed by atoms with Gasteiger partial charge >= 0.3 is 0 Å². The van der Waals surface area contributed by atoms with Crippen molar-refractivity contribution >= 4 is 27.4 Å². The van der Waals surface area contributed by atoms with Crippen LogP contribution < -0.4 is 4.90 Å². The highest BCUT2D eigenvalue weighted by Gasteiger charge is 2.26. The smallest absolute Gasteiger partial charge is 0.141 e. The van der Waals surface area contributed by atoms with Gasteiger partial charge in [-0.2, -0.15) is 5.10 Å². The van der Waals surface area contributed by atoms with Crippen LogP contribution in [0.25, 0.3) is 10.2 Å². The Hall–Kier alpha value is -1.99. The van der Waals surface area contributed by atoms with E-state index in [4.69, 9.17) is 4.74 Å². The maximum Gasteiger partial charge on any atom is 0.141 e. The van der Waals surface area contributed by atoms with Gasteiger partial charge in [0.1, 0.15) is 23.1 Å². The van der Waals surface area contributed by atoms with Crippen LogP contribution in [0.4, 0.5) is 5.82 Å². The fourth-order valence-corrected chi connectivity index (χ4v) is 3.88. The van der Waals surface area contributed by atoms with E-state index in [-0.39, 0.29) is 6.10 Å². The molecule has 1 unspecified atom stereocenters. The normalized spacial score (nSPS) is 18.7. The highest BCUT2D eigenvalue weighted by Crippen LogP contribution is 2.33. The maximum absolute atomic E-state index is 5.96. The lowest BCUT2D eigenvalue weighted by Crippen LogP contribution is -2.38. The molecule has 1 aliphatic heterocycles. The summed E-state index contributed by atoms with van der Waals surface area (Å²) in [6.07, 6.45) is 5.67. The minimum atomic E-state index is 0.0352. The van der Waals surface area contributed by atoms with E-state index in [9.17, 15) is 0 Å². The molecule has 7 heteroatoms. The van der Waals surface area contributed by atoms with E-state index in [1.807, 2.05) is 10.9 Å². The first-order valence-corrected chi connectivity index (χ1v) is 8.72. The Balaban J connectivity index is 1.65. The second kappa shape index (κ2) is 5.90. The summed E-state index contributed by atoms with van der Waals surface area (Å²) in [7, 11) is 0. The van der Waals surface area contributed by atoms with Gasteiger partial charge in [-0.3, -0.25) is 4.68 Å². The quantitative estimate of drug-likeness (QED) is 0.739. The first-order chi connectivity index (χ1) is 11.3. The fraction of sp³-hybridized carbons (Fsp3) is 0.438. The van der Waals surface area contributed by atoms with Crippen molar-refractivity contribution < 1.29 is 4.74 Å². The van der Waals surface area contributed by atoms with Crippen LogP contribution in [0.2, 0.25) is 0 Å². The zero-order valence-corrected chi connectivity index (χ0v) is 14.1. The van der Waals surface area contributed by atoms with Crippen molar-refractivity contribution in [1.82, 2.24) is 19.7 Å². The van der Waals surface area contributed by atoms with E-state index in [0.717, 1.165) is 35.8 Å². The minimum Gasteiger partial charge on any atom is -0.370 e. The third-order valence-corrected chi connectivity index (χ3v) is 5.25. The van der Waals surface area contributed by atoms with Crippen molar-refractivity contribution in [3.05, 3.63) is 35.2 Å². The summed E-state index contributed by atoms with van der Waals surface area (Å²) in [5.41, 5.74) is 2.37. The highest BCUT2D eigenvalue weighted by molar-refractivity contribution is 7.17. The number of hydrogen-bond donors (Lipinski definition) is 0. The molecule has 3 aromatic rings. The third kappa shape index (κ3) is 2.60. The van der Waals surface area contributed by atoms with Gasteiger partial charge in [0, 0.05) is 31.4 Å². The minimum absolute atomic E-state index is 0.0352. The predicted octanol–water partition coefficient (Wildman–Crippen LogP) is 2.79. The second-order valence-electron chi connectivity index (χ2n) is 5.73. The third-order valence-electron chi connectivity index (χ3n) is 4.25. The van der Waals surface area contributed by atoms with Gasteiger partial charge in [0.05, 0.1) is 18.2 Å². The average Bonchev–Trinajstić information content (AvgIpc) is 3.22. The van der Waals surface area contributed by atoms with Crippen LogP contribution in [0.5, 0.6) is 0 Å². The summed E-state index contributed by atoms with van der Waals surface area (Å²) in [6, 6.07) is 0. The molecular formula is C16H19N5OS. The van der Waals surface area contributed by atoms with Crippen LogP contribution in [-0.2, 0) is 11.3 Å². The predicted molar refractivity (Wildman–Crippen MR) is 91.0 cm³/mol. The van der Waals surface area contributed by atoms with Crippen LogP contribution in [0, 0.1) is 6.92 Å². The van der Waals surface area contributed by atoms with Gasteiger partial charge in [0.15, 0.2) is 0 Å². The molecule has 1 atom stereocenters. The lowest BCUT2D eigenvalue weighted by molar-refractivity contribution is 0.0395. The molecule has 1 saturated heterocycles. The molecule has 4 rings (SSSR count). The molecule has 0 aliphatic carbocycles. The van der Waals surface area contributed by atoms with Crippen LogP contribution >= 0.6 is 11.3 Å². The number of fused-ring (bicyclic) bond motifs is 1. The molecule has 3 aromatic heterocycles. The zero-order valence-electron chi connectivity index (χ0n) is 13.3. The lowest BCUT2D eigenvalue weighted by Gasteiger charge is -2.33. The Labute approximate surface area is 138 Å². The maximum atomic E-state index is 5.96. The Morgan fingerprint density at radius 2 is 2.30 bits per heavy atom. The van der Waals surface area contributed by atoms with Gasteiger partial charge < -0.3 is 9.64 Å². The molecule has 0 radical (unpaired) electrons. The first kappa shape index (κ1) is 14.6. The van der Waals surface area contributed by atoms with Crippen LogP contribution in [0.3, 0.4) is 0 Å². The largest absolute Gasteiger partial charge is 0.370 e. The Morgan fingerprint density at radius 1 is 1.39 bits per heavy atom. The van der Waals surface area contributed by atoms with Crippen LogP contribution in [0.1, 0.15) is 24.2 Å². The van der Waals surface area contributed by atoms with E-state index in [1.165, 1.54) is 10.9 Å². The highest BCUT2D eigenvalue weighted by atomic mass is 32.1. The van der Waals surface area contributed by atoms with Crippen LogP contribution in [0.15, 0.2) is 24.1 Å². The Morgan fingerprint density at radius 3 is 3.13 bits per heavy atom. The van der Waals surface area contributed by atoms with Crippen molar-refractivity contribution in [3.8, 4) is 0 Å². The topological polar surface area (TPSA) is 56.1 Å². The summed E-state index contributed by atoms with van der Waals surface area (Å²) in [5, 5.41) is 7.67. The molecule has 0 bridgehead atoms. The van der Waals surface area contributed by atoms with E-state index < -0.39 is 0 Å². The molecule has 23 heavy (non-hydrogen) atoms. The summed E-state index contributed by atoms with van der Waals surface area (Å²) < 4.78 is 7.90. The van der Waals surface area contributed by atoms with E-state index in [1.54, 1.807) is 17.7 Å². The summed E-state index contributed by atoms with van der Waals surface area (Å²) >= 11 is 1.67. The monoisotopic (exact) mass is 329 g/mol. The molecule has 0 saturated carbocycles. The van der Waals surface area contributed by atoms with Crippen molar-refractivity contribution in [2.75, 3.05) is 24.6 Å². The molecule has 0 spiro atoms. The van der Waals surface area contributed by atoms with Crippen LogP contribution in [-0.4, -0.2) is 39.4 Å². The number of rotatable bonds is 3. The van der Waals surface area contributed by atoms with Crippen molar-refractivity contribution in [1.29, 1.82) is 0 Å². The first-order valence-electron chi connectivity index (χ1n) is 7.84. The SMILES string of the molecule is CCn1cc(C2CN(c3ncnc4scc(C)c34)CCO2)cn1. The molecule has 0 amide bonds. The summed E-state index contributed by atoms with van der Waals surface area (Å²) in [5.74, 6) is 1.02. The molecular weight excluding hydrogens is 310 g/mol. The molecule has 4 heterocycles. The molecule has 120 valence electrons. The molecule has 1 fully saturated rings. The standard InChI is InChI=1S/C16H19N5OS/c1-3-21-7-12(6-19-21)13-8-20(4-5-22-13)15-14-11(2)9-23-16(14)18-10-17-15/h6-7,9-10,13H,3-5,8H2,1-2H3. The van der Waals surface area contributed by atoms with Crippen molar-refractivity contribution in [2.45, 2.75) is 26.5 Å². The molecule has 0 N–H and O–H groups in total. The second-order valence-corrected chi connectivity index (χ2v) is 6.59. The van der Waals surface area contributed by atoms with Gasteiger partial charge in [-0.05, 0) is 24.8 Å². The molecule has 1 aliphatic rings. The van der Waals surface area contributed by atoms with E-state index in [0.29, 0.717) is 6.61 Å². The zero-order chi connectivity index (χ0) is 15.8. The Kier molecular flexibility index (Phi) is 3.74. The van der Waals surface area contributed by atoms with E-state index >= 15 is 0 Å². The fourth-order valence-electron chi connectivity index (χ4n) is 3.00. The van der Waals surface area contributed by atoms with Gasteiger partial charge in [-0.1, -0.05) is 0 Å². The number of aryl methyl sites for hydroxylation is 2. The number of morpholine rings is 1.